The van der Waals surface area contributed by atoms with E-state index >= 15 is 0 Å². The number of hydrogen-bond acceptors (Lipinski definition) is 6. The average Bonchev–Trinajstić information content (AvgIpc) is 2.62. The van der Waals surface area contributed by atoms with E-state index in [1.165, 1.54) is 16.4 Å². The van der Waals surface area contributed by atoms with Crippen molar-refractivity contribution in [1.82, 2.24) is 9.29 Å². The van der Waals surface area contributed by atoms with Crippen molar-refractivity contribution in [3.63, 3.8) is 0 Å². The second-order valence-electron chi connectivity index (χ2n) is 5.71. The predicted octanol–water partition coefficient (Wildman–Crippen LogP) is 2.66. The summed E-state index contributed by atoms with van der Waals surface area (Å²) in [7, 11) is -2.04. The van der Waals surface area contributed by atoms with E-state index in [0.29, 0.717) is 25.3 Å². The first kappa shape index (κ1) is 19.8. The van der Waals surface area contributed by atoms with Crippen LogP contribution in [0.25, 0.3) is 0 Å². The Morgan fingerprint density at radius 1 is 1.19 bits per heavy atom. The molecule has 9 heteroatoms. The average molecular weight is 378 g/mol. The van der Waals surface area contributed by atoms with E-state index in [9.17, 15) is 18.5 Å². The van der Waals surface area contributed by atoms with Crippen molar-refractivity contribution in [2.45, 2.75) is 25.3 Å². The summed E-state index contributed by atoms with van der Waals surface area (Å²) in [5.41, 5.74) is 0.992. The fourth-order valence-corrected chi connectivity index (χ4v) is 4.17. The van der Waals surface area contributed by atoms with Crippen LogP contribution in [0.1, 0.15) is 19.4 Å². The number of rotatable bonds is 8. The third-order valence-electron chi connectivity index (χ3n) is 4.04. The maximum atomic E-state index is 12.6. The zero-order valence-corrected chi connectivity index (χ0v) is 15.8. The van der Waals surface area contributed by atoms with E-state index in [0.717, 1.165) is 11.6 Å². The predicted molar refractivity (Wildman–Crippen MR) is 99.5 cm³/mol. The maximum Gasteiger partial charge on any atom is 0.293 e. The van der Waals surface area contributed by atoms with Crippen LogP contribution in [-0.2, 0) is 16.6 Å². The first-order chi connectivity index (χ1) is 12.3. The van der Waals surface area contributed by atoms with Gasteiger partial charge in [-0.2, -0.15) is 4.31 Å². The van der Waals surface area contributed by atoms with Gasteiger partial charge < -0.3 is 4.90 Å². The molecule has 0 aliphatic rings. The van der Waals surface area contributed by atoms with Crippen LogP contribution in [0.15, 0.2) is 47.6 Å². The van der Waals surface area contributed by atoms with E-state index in [1.54, 1.807) is 44.3 Å². The minimum atomic E-state index is -3.76. The maximum absolute atomic E-state index is 12.6. The van der Waals surface area contributed by atoms with Gasteiger partial charge in [0.2, 0.25) is 10.0 Å². The molecule has 0 radical (unpaired) electrons. The number of anilines is 1. The first-order valence-electron chi connectivity index (χ1n) is 8.19. The summed E-state index contributed by atoms with van der Waals surface area (Å²) in [4.78, 5) is 16.6. The number of hydrogen-bond donors (Lipinski definition) is 0. The molecule has 0 N–H and O–H groups in total. The van der Waals surface area contributed by atoms with Gasteiger partial charge in [-0.1, -0.05) is 19.9 Å². The molecule has 2 rings (SSSR count). The number of benzene rings is 1. The molecular formula is C17H22N4O4S. The molecule has 0 atom stereocenters. The van der Waals surface area contributed by atoms with E-state index in [4.69, 9.17) is 0 Å². The molecule has 0 amide bonds. The molecular weight excluding hydrogens is 356 g/mol. The standard InChI is InChI=1S/C17H22N4O4S/c1-4-20(5-2)26(24,25)15-8-9-16(17(11-15)21(22)23)19(3)13-14-7-6-10-18-12-14/h6-12H,4-5,13H2,1-3H3. The summed E-state index contributed by atoms with van der Waals surface area (Å²) in [6, 6.07) is 7.68. The van der Waals surface area contributed by atoms with Gasteiger partial charge in [0.15, 0.2) is 0 Å². The van der Waals surface area contributed by atoms with Crippen molar-refractivity contribution >= 4 is 21.4 Å². The Kier molecular flexibility index (Phi) is 6.27. The van der Waals surface area contributed by atoms with Gasteiger partial charge >= 0.3 is 0 Å². The van der Waals surface area contributed by atoms with Crippen LogP contribution in [0.2, 0.25) is 0 Å². The third-order valence-corrected chi connectivity index (χ3v) is 6.09. The van der Waals surface area contributed by atoms with Gasteiger partial charge in [0, 0.05) is 45.1 Å². The Labute approximate surface area is 153 Å². The lowest BCUT2D eigenvalue weighted by atomic mass is 10.2. The molecule has 0 spiro atoms. The highest BCUT2D eigenvalue weighted by atomic mass is 32.2. The second kappa shape index (κ2) is 8.24. The zero-order chi connectivity index (χ0) is 19.3. The molecule has 0 saturated heterocycles. The van der Waals surface area contributed by atoms with Crippen LogP contribution in [0.3, 0.4) is 0 Å². The number of nitrogens with zero attached hydrogens (tertiary/aromatic N) is 4. The summed E-state index contributed by atoms with van der Waals surface area (Å²) >= 11 is 0. The SMILES string of the molecule is CCN(CC)S(=O)(=O)c1ccc(N(C)Cc2cccnc2)c([N+](=O)[O-])c1. The van der Waals surface area contributed by atoms with Gasteiger partial charge in [-0.15, -0.1) is 0 Å². The summed E-state index contributed by atoms with van der Waals surface area (Å²) in [6.07, 6.45) is 3.33. The van der Waals surface area contributed by atoms with Gasteiger partial charge in [-0.25, -0.2) is 8.42 Å². The molecule has 0 unspecified atom stereocenters. The van der Waals surface area contributed by atoms with Gasteiger partial charge in [-0.05, 0) is 23.8 Å². The van der Waals surface area contributed by atoms with Crippen LogP contribution in [0.4, 0.5) is 11.4 Å². The fraction of sp³-hybridized carbons (Fsp3) is 0.353. The molecule has 1 aromatic heterocycles. The van der Waals surface area contributed by atoms with Gasteiger partial charge in [0.05, 0.1) is 9.82 Å². The lowest BCUT2D eigenvalue weighted by Crippen LogP contribution is -2.30. The lowest BCUT2D eigenvalue weighted by Gasteiger charge is -2.21. The van der Waals surface area contributed by atoms with E-state index in [2.05, 4.69) is 4.98 Å². The number of pyridine rings is 1. The number of sulfonamides is 1. The number of nitro benzene ring substituents is 1. The molecule has 0 fully saturated rings. The van der Waals surface area contributed by atoms with Crippen molar-refractivity contribution in [3.8, 4) is 0 Å². The summed E-state index contributed by atoms with van der Waals surface area (Å²) in [6.45, 7) is 4.47. The van der Waals surface area contributed by atoms with Crippen LogP contribution in [0.5, 0.6) is 0 Å². The highest BCUT2D eigenvalue weighted by Crippen LogP contribution is 2.32. The molecule has 1 heterocycles. The number of aromatic nitrogens is 1. The quantitative estimate of drug-likeness (QED) is 0.517. The summed E-state index contributed by atoms with van der Waals surface area (Å²) in [5, 5.41) is 11.5. The zero-order valence-electron chi connectivity index (χ0n) is 15.0. The Balaban J connectivity index is 2.42. The topological polar surface area (TPSA) is 96.7 Å². The molecule has 2 aromatic rings. The Hall–Kier alpha value is -2.52. The van der Waals surface area contributed by atoms with Gasteiger partial charge in [0.25, 0.3) is 5.69 Å². The molecule has 0 aliphatic heterocycles. The minimum absolute atomic E-state index is 0.0774. The minimum Gasteiger partial charge on any atom is -0.365 e. The highest BCUT2D eigenvalue weighted by molar-refractivity contribution is 7.89. The normalized spacial score (nSPS) is 11.5. The molecule has 1 aromatic carbocycles. The van der Waals surface area contributed by atoms with Crippen molar-refractivity contribution in [3.05, 3.63) is 58.4 Å². The van der Waals surface area contributed by atoms with Crippen LogP contribution < -0.4 is 4.90 Å². The summed E-state index contributed by atoms with van der Waals surface area (Å²) in [5.74, 6) is 0. The van der Waals surface area contributed by atoms with Crippen LogP contribution >= 0.6 is 0 Å². The van der Waals surface area contributed by atoms with Crippen molar-refractivity contribution in [1.29, 1.82) is 0 Å². The van der Waals surface area contributed by atoms with Crippen LogP contribution in [0, 0.1) is 10.1 Å². The van der Waals surface area contributed by atoms with Crippen molar-refractivity contribution in [2.75, 3.05) is 25.0 Å². The lowest BCUT2D eigenvalue weighted by molar-refractivity contribution is -0.384. The third kappa shape index (κ3) is 4.17. The molecule has 0 saturated carbocycles. The van der Waals surface area contributed by atoms with E-state index < -0.39 is 14.9 Å². The van der Waals surface area contributed by atoms with E-state index in [1.807, 2.05) is 6.07 Å². The Bertz CT molecular complexity index is 868. The Morgan fingerprint density at radius 3 is 2.42 bits per heavy atom. The summed E-state index contributed by atoms with van der Waals surface area (Å²) < 4.78 is 26.5. The Morgan fingerprint density at radius 2 is 1.88 bits per heavy atom. The first-order valence-corrected chi connectivity index (χ1v) is 9.63. The van der Waals surface area contributed by atoms with E-state index in [-0.39, 0.29) is 10.6 Å². The van der Waals surface area contributed by atoms with Gasteiger partial charge in [-0.3, -0.25) is 15.1 Å². The highest BCUT2D eigenvalue weighted by Gasteiger charge is 2.26. The van der Waals surface area contributed by atoms with Crippen molar-refractivity contribution in [2.24, 2.45) is 0 Å². The molecule has 140 valence electrons. The van der Waals surface area contributed by atoms with Crippen LogP contribution in [-0.4, -0.2) is 42.8 Å². The molecule has 8 nitrogen and oxygen atoms in total. The smallest absolute Gasteiger partial charge is 0.293 e. The second-order valence-corrected chi connectivity index (χ2v) is 7.65. The fourth-order valence-electron chi connectivity index (χ4n) is 2.70. The van der Waals surface area contributed by atoms with Gasteiger partial charge in [0.1, 0.15) is 5.69 Å². The van der Waals surface area contributed by atoms with Crippen molar-refractivity contribution < 1.29 is 13.3 Å². The monoisotopic (exact) mass is 378 g/mol. The largest absolute Gasteiger partial charge is 0.365 e. The molecule has 0 bridgehead atoms. The number of nitro groups is 1. The molecule has 0 aliphatic carbocycles. The molecule has 26 heavy (non-hydrogen) atoms.